The van der Waals surface area contributed by atoms with E-state index in [1.165, 1.54) is 18.4 Å². The SMILES string of the molecule is OCCN(CCCC1CCCO1)Cc1ccccc1. The van der Waals surface area contributed by atoms with Crippen LogP contribution in [0.15, 0.2) is 30.3 Å². The molecule has 106 valence electrons. The summed E-state index contributed by atoms with van der Waals surface area (Å²) in [6, 6.07) is 10.5. The second-order valence-corrected chi connectivity index (χ2v) is 5.26. The Morgan fingerprint density at radius 1 is 1.21 bits per heavy atom. The second kappa shape index (κ2) is 8.31. The number of hydrogen-bond acceptors (Lipinski definition) is 3. The molecule has 1 aliphatic heterocycles. The van der Waals surface area contributed by atoms with Gasteiger partial charge in [0.05, 0.1) is 12.7 Å². The molecule has 0 aromatic heterocycles. The van der Waals surface area contributed by atoms with Gasteiger partial charge in [-0.25, -0.2) is 0 Å². The molecule has 0 saturated carbocycles. The van der Waals surface area contributed by atoms with Crippen molar-refractivity contribution in [3.8, 4) is 0 Å². The average molecular weight is 263 g/mol. The standard InChI is InChI=1S/C16H25NO2/c18-12-11-17(14-15-6-2-1-3-7-15)10-4-8-16-9-5-13-19-16/h1-3,6-7,16,18H,4-5,8-14H2. The van der Waals surface area contributed by atoms with Crippen LogP contribution in [0.4, 0.5) is 0 Å². The Labute approximate surface area is 116 Å². The van der Waals surface area contributed by atoms with Crippen molar-refractivity contribution in [3.05, 3.63) is 35.9 Å². The molecule has 0 radical (unpaired) electrons. The van der Waals surface area contributed by atoms with Gasteiger partial charge in [-0.1, -0.05) is 30.3 Å². The van der Waals surface area contributed by atoms with E-state index in [2.05, 4.69) is 29.2 Å². The van der Waals surface area contributed by atoms with E-state index in [0.29, 0.717) is 6.10 Å². The van der Waals surface area contributed by atoms with E-state index in [1.54, 1.807) is 0 Å². The summed E-state index contributed by atoms with van der Waals surface area (Å²) in [6.07, 6.45) is 5.22. The lowest BCUT2D eigenvalue weighted by molar-refractivity contribution is 0.0969. The van der Waals surface area contributed by atoms with Crippen LogP contribution in [0, 0.1) is 0 Å². The van der Waals surface area contributed by atoms with Crippen molar-refractivity contribution in [3.63, 3.8) is 0 Å². The molecular formula is C16H25NO2. The molecule has 3 nitrogen and oxygen atoms in total. The molecule has 0 aliphatic carbocycles. The average Bonchev–Trinajstić information content (AvgIpc) is 2.93. The first-order valence-corrected chi connectivity index (χ1v) is 7.37. The molecule has 1 aliphatic rings. The number of hydrogen-bond donors (Lipinski definition) is 1. The van der Waals surface area contributed by atoms with Gasteiger partial charge in [0.25, 0.3) is 0 Å². The molecule has 0 amide bonds. The molecule has 1 atom stereocenters. The number of benzene rings is 1. The van der Waals surface area contributed by atoms with E-state index in [0.717, 1.165) is 39.1 Å². The highest BCUT2D eigenvalue weighted by Crippen LogP contribution is 2.17. The summed E-state index contributed by atoms with van der Waals surface area (Å²) >= 11 is 0. The third-order valence-electron chi connectivity index (χ3n) is 3.69. The minimum absolute atomic E-state index is 0.229. The van der Waals surface area contributed by atoms with Gasteiger partial charge in [0.1, 0.15) is 0 Å². The predicted molar refractivity (Wildman–Crippen MR) is 77.0 cm³/mol. The van der Waals surface area contributed by atoms with Gasteiger partial charge in [0.15, 0.2) is 0 Å². The van der Waals surface area contributed by atoms with E-state index < -0.39 is 0 Å². The molecule has 19 heavy (non-hydrogen) atoms. The summed E-state index contributed by atoms with van der Waals surface area (Å²) < 4.78 is 5.65. The van der Waals surface area contributed by atoms with Crippen LogP contribution in [0.25, 0.3) is 0 Å². The highest BCUT2D eigenvalue weighted by Gasteiger charge is 2.15. The van der Waals surface area contributed by atoms with E-state index in [9.17, 15) is 0 Å². The van der Waals surface area contributed by atoms with Crippen molar-refractivity contribution in [2.75, 3.05) is 26.3 Å². The van der Waals surface area contributed by atoms with Crippen molar-refractivity contribution in [1.29, 1.82) is 0 Å². The summed E-state index contributed by atoms with van der Waals surface area (Å²) in [5.74, 6) is 0. The summed E-state index contributed by atoms with van der Waals surface area (Å²) in [7, 11) is 0. The van der Waals surface area contributed by atoms with Crippen LogP contribution in [0.3, 0.4) is 0 Å². The molecule has 1 fully saturated rings. The fraction of sp³-hybridized carbons (Fsp3) is 0.625. The van der Waals surface area contributed by atoms with Gasteiger partial charge in [-0.05, 0) is 37.8 Å². The van der Waals surface area contributed by atoms with Crippen LogP contribution in [0.2, 0.25) is 0 Å². The smallest absolute Gasteiger partial charge is 0.0576 e. The maximum Gasteiger partial charge on any atom is 0.0576 e. The minimum Gasteiger partial charge on any atom is -0.395 e. The molecule has 3 heteroatoms. The maximum atomic E-state index is 9.16. The van der Waals surface area contributed by atoms with Gasteiger partial charge in [0, 0.05) is 19.7 Å². The van der Waals surface area contributed by atoms with Gasteiger partial charge in [0.2, 0.25) is 0 Å². The fourth-order valence-electron chi connectivity index (χ4n) is 2.67. The van der Waals surface area contributed by atoms with Gasteiger partial charge < -0.3 is 9.84 Å². The molecular weight excluding hydrogens is 238 g/mol. The summed E-state index contributed by atoms with van der Waals surface area (Å²) in [6.45, 7) is 3.88. The largest absolute Gasteiger partial charge is 0.395 e. The van der Waals surface area contributed by atoms with Crippen LogP contribution in [-0.4, -0.2) is 42.4 Å². The van der Waals surface area contributed by atoms with E-state index in [-0.39, 0.29) is 6.61 Å². The number of nitrogens with zero attached hydrogens (tertiary/aromatic N) is 1. The number of rotatable bonds is 8. The molecule has 1 unspecified atom stereocenters. The maximum absolute atomic E-state index is 9.16. The minimum atomic E-state index is 0.229. The van der Waals surface area contributed by atoms with E-state index in [4.69, 9.17) is 9.84 Å². The van der Waals surface area contributed by atoms with Gasteiger partial charge >= 0.3 is 0 Å². The molecule has 1 heterocycles. The quantitative estimate of drug-likeness (QED) is 0.782. The molecule has 1 aromatic carbocycles. The lowest BCUT2D eigenvalue weighted by Gasteiger charge is -2.22. The van der Waals surface area contributed by atoms with Crippen LogP contribution in [0.5, 0.6) is 0 Å². The number of ether oxygens (including phenoxy) is 1. The van der Waals surface area contributed by atoms with Crippen molar-refractivity contribution in [2.24, 2.45) is 0 Å². The van der Waals surface area contributed by atoms with Crippen LogP contribution >= 0.6 is 0 Å². The number of aliphatic hydroxyl groups excluding tert-OH is 1. The Bertz CT molecular complexity index is 336. The zero-order chi connectivity index (χ0) is 13.3. The van der Waals surface area contributed by atoms with Gasteiger partial charge in [-0.3, -0.25) is 4.90 Å². The first kappa shape index (κ1) is 14.5. The van der Waals surface area contributed by atoms with Crippen LogP contribution < -0.4 is 0 Å². The third-order valence-corrected chi connectivity index (χ3v) is 3.69. The van der Waals surface area contributed by atoms with Crippen LogP contribution in [0.1, 0.15) is 31.2 Å². The Hall–Kier alpha value is -0.900. The molecule has 0 spiro atoms. The third kappa shape index (κ3) is 5.31. The lowest BCUT2D eigenvalue weighted by Crippen LogP contribution is -2.28. The van der Waals surface area contributed by atoms with E-state index >= 15 is 0 Å². The monoisotopic (exact) mass is 263 g/mol. The Balaban J connectivity index is 1.72. The fourth-order valence-corrected chi connectivity index (χ4v) is 2.67. The van der Waals surface area contributed by atoms with Crippen molar-refractivity contribution >= 4 is 0 Å². The molecule has 1 saturated heterocycles. The lowest BCUT2D eigenvalue weighted by atomic mass is 10.1. The first-order valence-electron chi connectivity index (χ1n) is 7.37. The summed E-state index contributed by atoms with van der Waals surface area (Å²) in [4.78, 5) is 2.32. The van der Waals surface area contributed by atoms with Crippen LogP contribution in [-0.2, 0) is 11.3 Å². The normalized spacial score (nSPS) is 19.2. The van der Waals surface area contributed by atoms with E-state index in [1.807, 2.05) is 6.07 Å². The molecule has 0 bridgehead atoms. The Morgan fingerprint density at radius 3 is 2.74 bits per heavy atom. The Kier molecular flexibility index (Phi) is 6.34. The highest BCUT2D eigenvalue weighted by molar-refractivity contribution is 5.14. The van der Waals surface area contributed by atoms with Crippen molar-refractivity contribution in [1.82, 2.24) is 4.90 Å². The van der Waals surface area contributed by atoms with Crippen molar-refractivity contribution in [2.45, 2.75) is 38.3 Å². The first-order chi connectivity index (χ1) is 9.38. The van der Waals surface area contributed by atoms with Gasteiger partial charge in [-0.2, -0.15) is 0 Å². The second-order valence-electron chi connectivity index (χ2n) is 5.26. The molecule has 1 N–H and O–H groups in total. The number of aliphatic hydroxyl groups is 1. The van der Waals surface area contributed by atoms with Gasteiger partial charge in [-0.15, -0.1) is 0 Å². The van der Waals surface area contributed by atoms with Crippen molar-refractivity contribution < 1.29 is 9.84 Å². The predicted octanol–water partition coefficient (Wildman–Crippen LogP) is 2.44. The zero-order valence-corrected chi connectivity index (χ0v) is 11.6. The summed E-state index contributed by atoms with van der Waals surface area (Å²) in [5, 5.41) is 9.16. The summed E-state index contributed by atoms with van der Waals surface area (Å²) in [5.41, 5.74) is 1.31. The topological polar surface area (TPSA) is 32.7 Å². The Morgan fingerprint density at radius 2 is 2.05 bits per heavy atom. The zero-order valence-electron chi connectivity index (χ0n) is 11.6. The molecule has 2 rings (SSSR count). The highest BCUT2D eigenvalue weighted by atomic mass is 16.5. The molecule has 1 aromatic rings.